The zero-order chi connectivity index (χ0) is 21.1. The number of carbonyl (C=O) groups is 1. The molecule has 4 rings (SSSR count). The number of nitrogens with zero attached hydrogens (tertiary/aromatic N) is 3. The molecule has 1 aromatic heterocycles. The van der Waals surface area contributed by atoms with Gasteiger partial charge in [0.25, 0.3) is 0 Å². The molecule has 0 saturated carbocycles. The zero-order valence-electron chi connectivity index (χ0n) is 16.6. The lowest BCUT2D eigenvalue weighted by Gasteiger charge is -2.33. The maximum Gasteiger partial charge on any atom is 0.229 e. The van der Waals surface area contributed by atoms with Gasteiger partial charge < -0.3 is 10.2 Å². The predicted molar refractivity (Wildman–Crippen MR) is 120 cm³/mol. The molecule has 2 heterocycles. The van der Waals surface area contributed by atoms with Gasteiger partial charge in [0.2, 0.25) is 5.91 Å². The largest absolute Gasteiger partial charge is 0.356 e. The number of hydrogen-bond donors (Lipinski definition) is 1. The van der Waals surface area contributed by atoms with Gasteiger partial charge in [0.15, 0.2) is 5.82 Å². The monoisotopic (exact) mass is 468 g/mol. The van der Waals surface area contributed by atoms with Gasteiger partial charge in [-0.3, -0.25) is 4.79 Å². The Morgan fingerprint density at radius 2 is 2.10 bits per heavy atom. The van der Waals surface area contributed by atoms with Crippen molar-refractivity contribution in [1.29, 1.82) is 0 Å². The number of aryl methyl sites for hydroxylation is 1. The van der Waals surface area contributed by atoms with Crippen LogP contribution in [0.5, 0.6) is 0 Å². The molecule has 1 aliphatic heterocycles. The quantitative estimate of drug-likeness (QED) is 0.570. The van der Waals surface area contributed by atoms with E-state index in [0.717, 1.165) is 40.9 Å². The molecule has 0 aliphatic carbocycles. The molecule has 30 heavy (non-hydrogen) atoms. The number of amides is 1. The first-order valence-electron chi connectivity index (χ1n) is 9.90. The number of nitrogens with one attached hydrogen (secondary N) is 1. The van der Waals surface area contributed by atoms with Crippen LogP contribution in [0.4, 0.5) is 15.9 Å². The fraction of sp³-hybridized carbons (Fsp3) is 0.261. The first-order valence-corrected chi connectivity index (χ1v) is 10.7. The minimum absolute atomic E-state index is 0.0147. The molecule has 1 saturated heterocycles. The van der Waals surface area contributed by atoms with Crippen molar-refractivity contribution in [2.75, 3.05) is 23.3 Å². The van der Waals surface area contributed by atoms with E-state index in [0.29, 0.717) is 17.9 Å². The van der Waals surface area contributed by atoms with Crippen molar-refractivity contribution in [2.45, 2.75) is 19.8 Å². The standard InChI is InChI=1S/C23H22BrFN4O/c1-15-12-19(7-8-20(15)24)27-23(30)17-5-3-11-29(14-17)21-9-10-26-22(28-21)16-4-2-6-18(25)13-16/h2,4,6-10,12-13,17H,3,5,11,14H2,1H3,(H,27,30)/t17-/m1/s1. The van der Waals surface area contributed by atoms with Crippen LogP contribution in [0, 0.1) is 18.7 Å². The fourth-order valence-electron chi connectivity index (χ4n) is 3.66. The van der Waals surface area contributed by atoms with E-state index in [2.05, 4.69) is 36.1 Å². The van der Waals surface area contributed by atoms with Gasteiger partial charge in [-0.15, -0.1) is 0 Å². The van der Waals surface area contributed by atoms with Crippen LogP contribution in [-0.4, -0.2) is 29.0 Å². The predicted octanol–water partition coefficient (Wildman–Crippen LogP) is 5.21. The molecule has 0 unspecified atom stereocenters. The van der Waals surface area contributed by atoms with Crippen LogP contribution in [0.25, 0.3) is 11.4 Å². The minimum atomic E-state index is -0.320. The molecule has 0 radical (unpaired) electrons. The highest BCUT2D eigenvalue weighted by atomic mass is 79.9. The average molecular weight is 469 g/mol. The summed E-state index contributed by atoms with van der Waals surface area (Å²) in [5.74, 6) is 0.792. The lowest BCUT2D eigenvalue weighted by Crippen LogP contribution is -2.41. The van der Waals surface area contributed by atoms with Crippen molar-refractivity contribution in [3.63, 3.8) is 0 Å². The van der Waals surface area contributed by atoms with Crippen LogP contribution in [0.2, 0.25) is 0 Å². The Labute approximate surface area is 183 Å². The number of hydrogen-bond acceptors (Lipinski definition) is 4. The molecule has 1 fully saturated rings. The number of halogens is 2. The van der Waals surface area contributed by atoms with Crippen molar-refractivity contribution in [2.24, 2.45) is 5.92 Å². The fourth-order valence-corrected chi connectivity index (χ4v) is 3.90. The van der Waals surface area contributed by atoms with E-state index in [4.69, 9.17) is 0 Å². The lowest BCUT2D eigenvalue weighted by atomic mass is 9.97. The summed E-state index contributed by atoms with van der Waals surface area (Å²) >= 11 is 3.48. The van der Waals surface area contributed by atoms with Crippen LogP contribution >= 0.6 is 15.9 Å². The van der Waals surface area contributed by atoms with Crippen molar-refractivity contribution >= 4 is 33.3 Å². The highest BCUT2D eigenvalue weighted by Crippen LogP contribution is 2.26. The van der Waals surface area contributed by atoms with E-state index in [9.17, 15) is 9.18 Å². The number of benzene rings is 2. The number of rotatable bonds is 4. The Kier molecular flexibility index (Phi) is 6.08. The van der Waals surface area contributed by atoms with Crippen LogP contribution in [0.3, 0.4) is 0 Å². The summed E-state index contributed by atoms with van der Waals surface area (Å²) in [4.78, 5) is 23.8. The summed E-state index contributed by atoms with van der Waals surface area (Å²) in [5, 5.41) is 3.03. The summed E-state index contributed by atoms with van der Waals surface area (Å²) in [7, 11) is 0. The van der Waals surface area contributed by atoms with E-state index in [1.165, 1.54) is 12.1 Å². The second-order valence-electron chi connectivity index (χ2n) is 7.49. The van der Waals surface area contributed by atoms with Gasteiger partial charge in [-0.1, -0.05) is 28.1 Å². The molecule has 1 N–H and O–H groups in total. The topological polar surface area (TPSA) is 58.1 Å². The lowest BCUT2D eigenvalue weighted by molar-refractivity contribution is -0.120. The summed E-state index contributed by atoms with van der Waals surface area (Å²) in [6.45, 7) is 3.40. The summed E-state index contributed by atoms with van der Waals surface area (Å²) in [6, 6.07) is 13.9. The smallest absolute Gasteiger partial charge is 0.229 e. The van der Waals surface area contributed by atoms with Crippen LogP contribution in [-0.2, 0) is 4.79 Å². The molecule has 0 bridgehead atoms. The Morgan fingerprint density at radius 1 is 1.23 bits per heavy atom. The molecule has 7 heteroatoms. The SMILES string of the molecule is Cc1cc(NC(=O)[C@@H]2CCCN(c3ccnc(-c4cccc(F)c4)n3)C2)ccc1Br. The third-order valence-electron chi connectivity index (χ3n) is 5.27. The van der Waals surface area contributed by atoms with Crippen LogP contribution < -0.4 is 10.2 Å². The van der Waals surface area contributed by atoms with Gasteiger partial charge in [-0.05, 0) is 61.7 Å². The van der Waals surface area contributed by atoms with E-state index in [1.807, 2.05) is 31.2 Å². The van der Waals surface area contributed by atoms with E-state index in [-0.39, 0.29) is 17.6 Å². The molecular weight excluding hydrogens is 447 g/mol. The maximum absolute atomic E-state index is 13.6. The van der Waals surface area contributed by atoms with Crippen LogP contribution in [0.15, 0.2) is 59.2 Å². The molecular formula is C23H22BrFN4O. The Morgan fingerprint density at radius 3 is 2.90 bits per heavy atom. The highest BCUT2D eigenvalue weighted by molar-refractivity contribution is 9.10. The number of piperidine rings is 1. The molecule has 2 aromatic carbocycles. The third kappa shape index (κ3) is 4.67. The Hall–Kier alpha value is -2.80. The summed E-state index contributed by atoms with van der Waals surface area (Å²) < 4.78 is 14.6. The van der Waals surface area contributed by atoms with Gasteiger partial charge in [-0.2, -0.15) is 0 Å². The van der Waals surface area contributed by atoms with Crippen molar-refractivity contribution < 1.29 is 9.18 Å². The van der Waals surface area contributed by atoms with E-state index >= 15 is 0 Å². The number of aromatic nitrogens is 2. The Bertz CT molecular complexity index is 1070. The van der Waals surface area contributed by atoms with Crippen molar-refractivity contribution in [3.05, 3.63) is 70.6 Å². The minimum Gasteiger partial charge on any atom is -0.356 e. The highest BCUT2D eigenvalue weighted by Gasteiger charge is 2.27. The molecule has 5 nitrogen and oxygen atoms in total. The summed E-state index contributed by atoms with van der Waals surface area (Å²) in [6.07, 6.45) is 3.41. The molecule has 1 amide bonds. The second kappa shape index (κ2) is 8.92. The van der Waals surface area contributed by atoms with E-state index < -0.39 is 0 Å². The van der Waals surface area contributed by atoms with Gasteiger partial charge in [-0.25, -0.2) is 14.4 Å². The maximum atomic E-state index is 13.6. The van der Waals surface area contributed by atoms with Gasteiger partial charge in [0, 0.05) is 35.0 Å². The Balaban J connectivity index is 1.48. The molecule has 1 aliphatic rings. The number of carbonyl (C=O) groups excluding carboxylic acids is 1. The van der Waals surface area contributed by atoms with Gasteiger partial charge >= 0.3 is 0 Å². The second-order valence-corrected chi connectivity index (χ2v) is 8.34. The van der Waals surface area contributed by atoms with E-state index in [1.54, 1.807) is 18.3 Å². The van der Waals surface area contributed by atoms with Gasteiger partial charge in [0.1, 0.15) is 11.6 Å². The van der Waals surface area contributed by atoms with Gasteiger partial charge in [0.05, 0.1) is 5.92 Å². The average Bonchev–Trinajstić information content (AvgIpc) is 2.76. The molecule has 0 spiro atoms. The number of anilines is 2. The summed E-state index contributed by atoms with van der Waals surface area (Å²) in [5.41, 5.74) is 2.51. The first-order chi connectivity index (χ1) is 14.5. The molecule has 1 atom stereocenters. The zero-order valence-corrected chi connectivity index (χ0v) is 18.2. The third-order valence-corrected chi connectivity index (χ3v) is 6.16. The van der Waals surface area contributed by atoms with Crippen LogP contribution in [0.1, 0.15) is 18.4 Å². The molecule has 3 aromatic rings. The van der Waals surface area contributed by atoms with Crippen molar-refractivity contribution in [1.82, 2.24) is 9.97 Å². The first kappa shape index (κ1) is 20.5. The molecule has 154 valence electrons. The van der Waals surface area contributed by atoms with Crippen molar-refractivity contribution in [3.8, 4) is 11.4 Å². The normalized spacial score (nSPS) is 16.4.